The first-order valence-electron chi connectivity index (χ1n) is 7.09. The van der Waals surface area contributed by atoms with Gasteiger partial charge in [-0.1, -0.05) is 6.07 Å². The summed E-state index contributed by atoms with van der Waals surface area (Å²) < 4.78 is 6.73. The first kappa shape index (κ1) is 15.4. The van der Waals surface area contributed by atoms with E-state index in [9.17, 15) is 15.0 Å². The molecule has 7 heteroatoms. The average molecular weight is 325 g/mol. The zero-order valence-corrected chi connectivity index (χ0v) is 12.8. The molecule has 0 fully saturated rings. The van der Waals surface area contributed by atoms with E-state index in [0.717, 1.165) is 0 Å². The fourth-order valence-corrected chi connectivity index (χ4v) is 2.35. The van der Waals surface area contributed by atoms with Crippen LogP contribution >= 0.6 is 0 Å². The van der Waals surface area contributed by atoms with E-state index in [1.807, 2.05) is 6.07 Å². The van der Waals surface area contributed by atoms with E-state index in [1.54, 1.807) is 37.4 Å². The fraction of sp³-hybridized carbons (Fsp3) is 0.0588. The lowest BCUT2D eigenvalue weighted by molar-refractivity contribution is -0.105. The summed E-state index contributed by atoms with van der Waals surface area (Å²) >= 11 is 0. The van der Waals surface area contributed by atoms with Crippen molar-refractivity contribution in [1.29, 1.82) is 0 Å². The topological polar surface area (TPSA) is 96.6 Å². The van der Waals surface area contributed by atoms with Gasteiger partial charge in [0.1, 0.15) is 23.1 Å². The lowest BCUT2D eigenvalue weighted by atomic mass is 10.1. The molecule has 3 rings (SSSR count). The predicted octanol–water partition coefficient (Wildman–Crippen LogP) is 2.53. The Morgan fingerprint density at radius 2 is 2.00 bits per heavy atom. The minimum absolute atomic E-state index is 0.0466. The van der Waals surface area contributed by atoms with E-state index in [0.29, 0.717) is 34.9 Å². The molecular weight excluding hydrogens is 310 g/mol. The molecule has 1 aromatic heterocycles. The molecule has 2 aromatic carbocycles. The largest absolute Gasteiger partial charge is 0.508 e. The molecule has 0 aliphatic rings. The van der Waals surface area contributed by atoms with Gasteiger partial charge in [-0.15, -0.1) is 0 Å². The lowest BCUT2D eigenvalue weighted by Crippen LogP contribution is -2.04. The minimum atomic E-state index is -0.108. The zero-order valence-electron chi connectivity index (χ0n) is 12.8. The van der Waals surface area contributed by atoms with Crippen LogP contribution in [-0.2, 0) is 4.79 Å². The number of benzene rings is 2. The Morgan fingerprint density at radius 1 is 1.17 bits per heavy atom. The third kappa shape index (κ3) is 2.87. The third-order valence-electron chi connectivity index (χ3n) is 3.47. The van der Waals surface area contributed by atoms with Crippen molar-refractivity contribution in [1.82, 2.24) is 9.78 Å². The molecule has 0 aliphatic carbocycles. The van der Waals surface area contributed by atoms with E-state index in [-0.39, 0.29) is 11.5 Å². The van der Waals surface area contributed by atoms with Gasteiger partial charge >= 0.3 is 0 Å². The van der Waals surface area contributed by atoms with Crippen LogP contribution in [0.25, 0.3) is 16.9 Å². The van der Waals surface area contributed by atoms with Gasteiger partial charge in [0.25, 0.3) is 0 Å². The summed E-state index contributed by atoms with van der Waals surface area (Å²) in [6, 6.07) is 13.0. The van der Waals surface area contributed by atoms with Crippen molar-refractivity contribution in [2.24, 2.45) is 0 Å². The molecule has 0 spiro atoms. The monoisotopic (exact) mass is 325 g/mol. The Labute approximate surface area is 137 Å². The molecule has 1 heterocycles. The number of carbonyl (C=O) groups excluding carboxylic acids is 1. The highest BCUT2D eigenvalue weighted by Gasteiger charge is 2.14. The average Bonchev–Trinajstić information content (AvgIpc) is 2.99. The van der Waals surface area contributed by atoms with Crippen LogP contribution in [0.5, 0.6) is 17.2 Å². The van der Waals surface area contributed by atoms with E-state index >= 15 is 0 Å². The number of hydrogen-bond donors (Lipinski definition) is 3. The van der Waals surface area contributed by atoms with Gasteiger partial charge in [0.2, 0.25) is 6.41 Å². The molecule has 3 aromatic rings. The number of phenols is 2. The number of rotatable bonds is 5. The SMILES string of the molecule is COc1cccc(-n2nc(-c3ccc(O)cc3O)cc2NC=O)c1. The molecule has 3 N–H and O–H groups in total. The molecule has 24 heavy (non-hydrogen) atoms. The fourth-order valence-electron chi connectivity index (χ4n) is 2.35. The van der Waals surface area contributed by atoms with E-state index in [2.05, 4.69) is 10.4 Å². The van der Waals surface area contributed by atoms with Crippen LogP contribution in [0, 0.1) is 0 Å². The van der Waals surface area contributed by atoms with Gasteiger partial charge in [-0.25, -0.2) is 4.68 Å². The summed E-state index contributed by atoms with van der Waals surface area (Å²) in [5, 5.41) is 26.4. The second kappa shape index (κ2) is 6.33. The number of carbonyl (C=O) groups is 1. The number of anilines is 1. The van der Waals surface area contributed by atoms with Crippen molar-refractivity contribution in [2.75, 3.05) is 12.4 Å². The Balaban J connectivity index is 2.12. The summed E-state index contributed by atoms with van der Waals surface area (Å²) in [5.41, 5.74) is 1.56. The second-order valence-corrected chi connectivity index (χ2v) is 4.99. The maximum Gasteiger partial charge on any atom is 0.212 e. The number of nitrogens with zero attached hydrogens (tertiary/aromatic N) is 2. The maximum atomic E-state index is 10.9. The lowest BCUT2D eigenvalue weighted by Gasteiger charge is -2.07. The van der Waals surface area contributed by atoms with Gasteiger partial charge in [-0.2, -0.15) is 5.10 Å². The molecule has 1 amide bonds. The van der Waals surface area contributed by atoms with Gasteiger partial charge in [-0.05, 0) is 24.3 Å². The molecule has 0 aliphatic heterocycles. The summed E-state index contributed by atoms with van der Waals surface area (Å²) in [6.07, 6.45) is 0.550. The van der Waals surface area contributed by atoms with Crippen molar-refractivity contribution in [3.05, 3.63) is 48.5 Å². The maximum absolute atomic E-state index is 10.9. The Bertz CT molecular complexity index is 889. The normalized spacial score (nSPS) is 10.4. The number of amides is 1. The predicted molar refractivity (Wildman–Crippen MR) is 88.6 cm³/mol. The van der Waals surface area contributed by atoms with E-state index in [4.69, 9.17) is 4.74 Å². The Kier molecular flexibility index (Phi) is 4.07. The van der Waals surface area contributed by atoms with Gasteiger partial charge in [0, 0.05) is 23.8 Å². The standard InChI is InChI=1S/C17H15N3O4/c1-24-13-4-2-3-11(7-13)20-17(18-10-21)9-15(19-20)14-6-5-12(22)8-16(14)23/h2-10,22-23H,1H3,(H,18,21). The third-order valence-corrected chi connectivity index (χ3v) is 3.47. The Hall–Kier alpha value is -3.48. The van der Waals surface area contributed by atoms with Crippen LogP contribution in [0.2, 0.25) is 0 Å². The number of methoxy groups -OCH3 is 1. The molecule has 7 nitrogen and oxygen atoms in total. The Morgan fingerprint density at radius 3 is 2.71 bits per heavy atom. The van der Waals surface area contributed by atoms with Gasteiger partial charge < -0.3 is 20.3 Å². The molecule has 122 valence electrons. The highest BCUT2D eigenvalue weighted by Crippen LogP contribution is 2.33. The van der Waals surface area contributed by atoms with Gasteiger partial charge in [-0.3, -0.25) is 4.79 Å². The number of hydrogen-bond acceptors (Lipinski definition) is 5. The molecule has 0 unspecified atom stereocenters. The highest BCUT2D eigenvalue weighted by atomic mass is 16.5. The van der Waals surface area contributed by atoms with Crippen LogP contribution in [0.3, 0.4) is 0 Å². The number of phenolic OH excluding ortho intramolecular Hbond substituents is 2. The molecular formula is C17H15N3O4. The molecule has 0 saturated carbocycles. The number of aromatic nitrogens is 2. The van der Waals surface area contributed by atoms with Crippen molar-refractivity contribution in [3.8, 4) is 34.2 Å². The van der Waals surface area contributed by atoms with Gasteiger partial charge in [0.15, 0.2) is 0 Å². The molecule has 0 bridgehead atoms. The van der Waals surface area contributed by atoms with Crippen LogP contribution in [0.15, 0.2) is 48.5 Å². The van der Waals surface area contributed by atoms with Crippen LogP contribution in [0.1, 0.15) is 0 Å². The van der Waals surface area contributed by atoms with E-state index < -0.39 is 0 Å². The van der Waals surface area contributed by atoms with Crippen molar-refractivity contribution in [3.63, 3.8) is 0 Å². The molecule has 0 saturated heterocycles. The van der Waals surface area contributed by atoms with Crippen molar-refractivity contribution in [2.45, 2.75) is 0 Å². The van der Waals surface area contributed by atoms with Crippen LogP contribution in [0.4, 0.5) is 5.82 Å². The smallest absolute Gasteiger partial charge is 0.212 e. The zero-order chi connectivity index (χ0) is 17.1. The van der Waals surface area contributed by atoms with E-state index in [1.165, 1.54) is 16.8 Å². The van der Waals surface area contributed by atoms with Crippen molar-refractivity contribution < 1.29 is 19.7 Å². The molecule has 0 radical (unpaired) electrons. The number of aromatic hydroxyl groups is 2. The van der Waals surface area contributed by atoms with Crippen LogP contribution < -0.4 is 10.1 Å². The first-order chi connectivity index (χ1) is 11.6. The number of ether oxygens (including phenoxy) is 1. The first-order valence-corrected chi connectivity index (χ1v) is 7.09. The number of nitrogens with one attached hydrogen (secondary N) is 1. The highest BCUT2D eigenvalue weighted by molar-refractivity contribution is 5.76. The van der Waals surface area contributed by atoms with Gasteiger partial charge in [0.05, 0.1) is 18.5 Å². The molecule has 0 atom stereocenters. The summed E-state index contributed by atoms with van der Waals surface area (Å²) in [6.45, 7) is 0. The summed E-state index contributed by atoms with van der Waals surface area (Å²) in [7, 11) is 1.56. The second-order valence-electron chi connectivity index (χ2n) is 4.99. The summed E-state index contributed by atoms with van der Waals surface area (Å²) in [5.74, 6) is 0.924. The minimum Gasteiger partial charge on any atom is -0.508 e. The summed E-state index contributed by atoms with van der Waals surface area (Å²) in [4.78, 5) is 10.9. The van der Waals surface area contributed by atoms with Crippen LogP contribution in [-0.4, -0.2) is 33.5 Å². The quantitative estimate of drug-likeness (QED) is 0.626. The van der Waals surface area contributed by atoms with Crippen molar-refractivity contribution >= 4 is 12.2 Å².